The lowest BCUT2D eigenvalue weighted by Gasteiger charge is -1.98. The predicted octanol–water partition coefficient (Wildman–Crippen LogP) is 6.52. The van der Waals surface area contributed by atoms with Crippen molar-refractivity contribution >= 4 is 22.7 Å². The summed E-state index contributed by atoms with van der Waals surface area (Å²) in [7, 11) is 0. The van der Waals surface area contributed by atoms with Gasteiger partial charge in [-0.15, -0.1) is 10.2 Å². The number of hydrogen-bond acceptors (Lipinski definition) is 4. The van der Waals surface area contributed by atoms with Gasteiger partial charge in [-0.25, -0.2) is 0 Å². The molecule has 0 aliphatic rings. The summed E-state index contributed by atoms with van der Waals surface area (Å²) >= 11 is 0. The van der Waals surface area contributed by atoms with E-state index in [0.29, 0.717) is 11.4 Å². The van der Waals surface area contributed by atoms with Gasteiger partial charge >= 0.3 is 0 Å². The topological polar surface area (TPSA) is 49.4 Å². The molecule has 3 rings (SSSR count). The van der Waals surface area contributed by atoms with Crippen molar-refractivity contribution < 1.29 is 0 Å². The van der Waals surface area contributed by atoms with Crippen molar-refractivity contribution in [1.82, 2.24) is 0 Å². The number of nitrogens with zero attached hydrogens (tertiary/aromatic N) is 4. The number of hydrogen-bond donors (Lipinski definition) is 0. The molecule has 0 N–H and O–H groups in total. The van der Waals surface area contributed by atoms with Crippen LogP contribution < -0.4 is 0 Å². The minimum Gasteiger partial charge on any atom is -0.150 e. The van der Waals surface area contributed by atoms with Crippen LogP contribution in [0.5, 0.6) is 0 Å². The summed E-state index contributed by atoms with van der Waals surface area (Å²) < 4.78 is 0. The van der Waals surface area contributed by atoms with Crippen LogP contribution in [0.3, 0.4) is 0 Å². The summed E-state index contributed by atoms with van der Waals surface area (Å²) in [6, 6.07) is 26.7. The number of rotatable bonds is 4. The molecule has 0 heterocycles. The Kier molecular flexibility index (Phi) is 4.42. The van der Waals surface area contributed by atoms with Crippen LogP contribution in [0.2, 0.25) is 0 Å². The summed E-state index contributed by atoms with van der Waals surface area (Å²) in [5.41, 5.74) is 2.98. The van der Waals surface area contributed by atoms with Crippen LogP contribution in [-0.4, -0.2) is 0 Å². The molecule has 0 spiro atoms. The molecule has 0 amide bonds. The highest BCUT2D eigenvalue weighted by molar-refractivity contribution is 5.61. The quantitative estimate of drug-likeness (QED) is 0.490. The monoisotopic (exact) mass is 286 g/mol. The molecule has 0 unspecified atom stereocenters. The van der Waals surface area contributed by atoms with Gasteiger partial charge in [0.05, 0.1) is 11.4 Å². The van der Waals surface area contributed by atoms with E-state index in [1.807, 2.05) is 84.9 Å². The van der Waals surface area contributed by atoms with Gasteiger partial charge in [-0.3, -0.25) is 0 Å². The Labute approximate surface area is 128 Å². The molecule has 0 bridgehead atoms. The Bertz CT molecular complexity index is 712. The molecule has 0 fully saturated rings. The van der Waals surface area contributed by atoms with E-state index in [-0.39, 0.29) is 0 Å². The van der Waals surface area contributed by atoms with Gasteiger partial charge < -0.3 is 0 Å². The Morgan fingerprint density at radius 2 is 0.727 bits per heavy atom. The maximum Gasteiger partial charge on any atom is 0.113 e. The highest BCUT2D eigenvalue weighted by Gasteiger charge is 1.99. The van der Waals surface area contributed by atoms with Gasteiger partial charge in [-0.05, 0) is 36.4 Å². The van der Waals surface area contributed by atoms with Crippen LogP contribution >= 0.6 is 0 Å². The first-order valence-corrected chi connectivity index (χ1v) is 6.94. The first-order chi connectivity index (χ1) is 10.9. The van der Waals surface area contributed by atoms with E-state index < -0.39 is 0 Å². The van der Waals surface area contributed by atoms with Crippen LogP contribution in [0.1, 0.15) is 0 Å². The van der Waals surface area contributed by atoms with Gasteiger partial charge in [0.2, 0.25) is 0 Å². The average molecular weight is 286 g/mol. The zero-order chi connectivity index (χ0) is 15.0. The second-order valence-electron chi connectivity index (χ2n) is 4.56. The van der Waals surface area contributed by atoms with Crippen molar-refractivity contribution in [2.45, 2.75) is 0 Å². The summed E-state index contributed by atoms with van der Waals surface area (Å²) in [6.07, 6.45) is 0. The Balaban J connectivity index is 1.84. The zero-order valence-corrected chi connectivity index (χ0v) is 11.9. The third kappa shape index (κ3) is 3.70. The molecule has 0 saturated carbocycles. The molecule has 3 aromatic carbocycles. The molecule has 4 nitrogen and oxygen atoms in total. The standard InChI is InChI=1S/C18H14N4/c1-3-9-15(10-4-1)19-21-17-13-7-8-14-18(17)22-20-16-11-5-2-6-12-16/h1-14H. The zero-order valence-electron chi connectivity index (χ0n) is 11.9. The first kappa shape index (κ1) is 13.8. The van der Waals surface area contributed by atoms with Crippen molar-refractivity contribution in [2.24, 2.45) is 20.5 Å². The van der Waals surface area contributed by atoms with Crippen LogP contribution in [0.25, 0.3) is 0 Å². The average Bonchev–Trinajstić information content (AvgIpc) is 2.61. The van der Waals surface area contributed by atoms with E-state index >= 15 is 0 Å². The van der Waals surface area contributed by atoms with Crippen LogP contribution in [0.15, 0.2) is 105 Å². The minimum absolute atomic E-state index is 0.686. The van der Waals surface area contributed by atoms with Crippen molar-refractivity contribution in [3.8, 4) is 0 Å². The molecule has 3 aromatic rings. The summed E-state index contributed by atoms with van der Waals surface area (Å²) in [4.78, 5) is 0. The van der Waals surface area contributed by atoms with Gasteiger partial charge in [-0.1, -0.05) is 48.5 Å². The van der Waals surface area contributed by atoms with Crippen molar-refractivity contribution in [3.63, 3.8) is 0 Å². The molecule has 0 aromatic heterocycles. The highest BCUT2D eigenvalue weighted by atomic mass is 15.1. The molecule has 22 heavy (non-hydrogen) atoms. The summed E-state index contributed by atoms with van der Waals surface area (Å²) in [5.74, 6) is 0. The smallest absolute Gasteiger partial charge is 0.113 e. The van der Waals surface area contributed by atoms with Crippen LogP contribution in [-0.2, 0) is 0 Å². The molecule has 0 aliphatic heterocycles. The lowest BCUT2D eigenvalue weighted by atomic mass is 10.3. The van der Waals surface area contributed by atoms with Gasteiger partial charge in [0.15, 0.2) is 0 Å². The van der Waals surface area contributed by atoms with E-state index in [0.717, 1.165) is 11.4 Å². The largest absolute Gasteiger partial charge is 0.150 e. The minimum atomic E-state index is 0.686. The van der Waals surface area contributed by atoms with Crippen LogP contribution in [0.4, 0.5) is 22.7 Å². The van der Waals surface area contributed by atoms with Gasteiger partial charge in [0.25, 0.3) is 0 Å². The molecule has 4 heteroatoms. The highest BCUT2D eigenvalue weighted by Crippen LogP contribution is 2.30. The van der Waals surface area contributed by atoms with Crippen molar-refractivity contribution in [1.29, 1.82) is 0 Å². The Morgan fingerprint density at radius 3 is 1.14 bits per heavy atom. The normalized spacial score (nSPS) is 11.3. The lowest BCUT2D eigenvalue weighted by molar-refractivity contribution is 1.18. The van der Waals surface area contributed by atoms with E-state index in [1.165, 1.54) is 0 Å². The summed E-state index contributed by atoms with van der Waals surface area (Å²) in [5, 5.41) is 17.0. The fraction of sp³-hybridized carbons (Fsp3) is 0. The van der Waals surface area contributed by atoms with Crippen LogP contribution in [0, 0.1) is 0 Å². The number of benzene rings is 3. The second kappa shape index (κ2) is 7.04. The van der Waals surface area contributed by atoms with Gasteiger partial charge in [0.1, 0.15) is 11.4 Å². The molecular formula is C18H14N4. The van der Waals surface area contributed by atoms with E-state index in [2.05, 4.69) is 20.5 Å². The Morgan fingerprint density at radius 1 is 0.364 bits per heavy atom. The van der Waals surface area contributed by atoms with Gasteiger partial charge in [-0.2, -0.15) is 10.2 Å². The second-order valence-corrected chi connectivity index (χ2v) is 4.56. The molecule has 0 saturated heterocycles. The lowest BCUT2D eigenvalue weighted by Crippen LogP contribution is -1.68. The molecule has 0 atom stereocenters. The van der Waals surface area contributed by atoms with E-state index in [9.17, 15) is 0 Å². The molecular weight excluding hydrogens is 272 g/mol. The number of azo groups is 2. The summed E-state index contributed by atoms with van der Waals surface area (Å²) in [6.45, 7) is 0. The third-order valence-electron chi connectivity index (χ3n) is 2.94. The maximum absolute atomic E-state index is 4.26. The van der Waals surface area contributed by atoms with Gasteiger partial charge in [0, 0.05) is 0 Å². The first-order valence-electron chi connectivity index (χ1n) is 6.94. The fourth-order valence-electron chi connectivity index (χ4n) is 1.85. The predicted molar refractivity (Wildman–Crippen MR) is 87.7 cm³/mol. The Hall–Kier alpha value is -3.14. The molecule has 106 valence electrons. The van der Waals surface area contributed by atoms with Crippen molar-refractivity contribution in [2.75, 3.05) is 0 Å². The molecule has 0 radical (unpaired) electrons. The van der Waals surface area contributed by atoms with Crippen molar-refractivity contribution in [3.05, 3.63) is 84.9 Å². The molecule has 0 aliphatic carbocycles. The fourth-order valence-corrected chi connectivity index (χ4v) is 1.85. The maximum atomic E-state index is 4.26. The SMILES string of the molecule is c1ccc(N=Nc2ccccc2N=Nc2ccccc2)cc1. The van der Waals surface area contributed by atoms with E-state index in [1.54, 1.807) is 0 Å². The van der Waals surface area contributed by atoms with E-state index in [4.69, 9.17) is 0 Å². The third-order valence-corrected chi connectivity index (χ3v) is 2.94.